The molecule has 1 amide bonds. The van der Waals surface area contributed by atoms with E-state index >= 15 is 0 Å². The first kappa shape index (κ1) is 18.0. The fourth-order valence-electron chi connectivity index (χ4n) is 4.60. The van der Waals surface area contributed by atoms with E-state index in [0.717, 1.165) is 50.2 Å². The lowest BCUT2D eigenvalue weighted by Gasteiger charge is -2.29. The van der Waals surface area contributed by atoms with Crippen molar-refractivity contribution in [3.8, 4) is 5.75 Å². The Bertz CT molecular complexity index is 803. The molecule has 2 aliphatic rings. The third-order valence-electron chi connectivity index (χ3n) is 5.99. The number of carbonyl (C=O) groups excluding carboxylic acids is 1. The summed E-state index contributed by atoms with van der Waals surface area (Å²) in [4.78, 5) is 15.5. The fourth-order valence-corrected chi connectivity index (χ4v) is 4.60. The highest BCUT2D eigenvalue weighted by Gasteiger charge is 2.40. The lowest BCUT2D eigenvalue weighted by Crippen LogP contribution is -2.42. The summed E-state index contributed by atoms with van der Waals surface area (Å²) in [7, 11) is 3.63. The number of nitrogens with one attached hydrogen (secondary N) is 1. The molecule has 2 saturated heterocycles. The number of para-hydroxylation sites is 1. The summed E-state index contributed by atoms with van der Waals surface area (Å²) in [5, 5.41) is 7.71. The molecule has 2 fully saturated rings. The van der Waals surface area contributed by atoms with E-state index in [2.05, 4.69) is 21.4 Å². The van der Waals surface area contributed by atoms with Gasteiger partial charge in [-0.1, -0.05) is 18.2 Å². The van der Waals surface area contributed by atoms with Gasteiger partial charge in [-0.05, 0) is 36.5 Å². The van der Waals surface area contributed by atoms with Crippen LogP contribution in [0.15, 0.2) is 36.7 Å². The lowest BCUT2D eigenvalue weighted by molar-refractivity contribution is -0.136. The van der Waals surface area contributed by atoms with Crippen LogP contribution in [0.2, 0.25) is 0 Å². The van der Waals surface area contributed by atoms with E-state index in [-0.39, 0.29) is 23.8 Å². The van der Waals surface area contributed by atoms with Gasteiger partial charge in [0.15, 0.2) is 0 Å². The van der Waals surface area contributed by atoms with Gasteiger partial charge in [-0.2, -0.15) is 5.10 Å². The monoisotopic (exact) mass is 368 g/mol. The van der Waals surface area contributed by atoms with Gasteiger partial charge >= 0.3 is 0 Å². The average Bonchev–Trinajstić information content (AvgIpc) is 3.42. The predicted octanol–water partition coefficient (Wildman–Crippen LogP) is 1.97. The molecule has 6 heteroatoms. The quantitative estimate of drug-likeness (QED) is 0.877. The number of methoxy groups -OCH3 is 1. The SMILES string of the molecule is COc1ccccc1CC1CCCN1C(=O)[C@H]1CNC[C@@H]1c1cnn(C)c1. The Morgan fingerprint density at radius 2 is 2.19 bits per heavy atom. The Morgan fingerprint density at radius 1 is 1.33 bits per heavy atom. The Balaban J connectivity index is 1.50. The average molecular weight is 368 g/mol. The lowest BCUT2D eigenvalue weighted by atomic mass is 9.89. The van der Waals surface area contributed by atoms with E-state index in [9.17, 15) is 4.79 Å². The Morgan fingerprint density at radius 3 is 2.96 bits per heavy atom. The van der Waals surface area contributed by atoms with Crippen LogP contribution in [0.25, 0.3) is 0 Å². The van der Waals surface area contributed by atoms with E-state index in [1.807, 2.05) is 42.3 Å². The minimum atomic E-state index is -0.00697. The molecule has 6 nitrogen and oxygen atoms in total. The number of likely N-dealkylation sites (tertiary alicyclic amines) is 1. The third-order valence-corrected chi connectivity index (χ3v) is 5.99. The van der Waals surface area contributed by atoms with E-state index in [4.69, 9.17) is 4.74 Å². The number of aryl methyl sites for hydroxylation is 1. The van der Waals surface area contributed by atoms with Crippen LogP contribution in [0.5, 0.6) is 5.75 Å². The molecule has 0 spiro atoms. The van der Waals surface area contributed by atoms with Crippen molar-refractivity contribution in [3.63, 3.8) is 0 Å². The molecule has 3 heterocycles. The molecular formula is C21H28N4O2. The number of hydrogen-bond acceptors (Lipinski definition) is 4. The standard InChI is InChI=1S/C21H28N4O2/c1-24-14-16(11-23-24)18-12-22-13-19(18)21(26)25-9-5-7-17(25)10-15-6-3-4-8-20(15)27-2/h3-4,6,8,11,14,17-19,22H,5,7,9-10,12-13H2,1-2H3/t17?,18-,19+/m1/s1. The van der Waals surface area contributed by atoms with Crippen molar-refractivity contribution in [2.45, 2.75) is 31.2 Å². The van der Waals surface area contributed by atoms with Crippen molar-refractivity contribution < 1.29 is 9.53 Å². The largest absolute Gasteiger partial charge is 0.496 e. The molecule has 2 aliphatic heterocycles. The van der Waals surface area contributed by atoms with Crippen LogP contribution in [-0.4, -0.2) is 53.4 Å². The zero-order valence-corrected chi connectivity index (χ0v) is 16.1. The van der Waals surface area contributed by atoms with Gasteiger partial charge < -0.3 is 15.0 Å². The number of carbonyl (C=O) groups is 1. The molecule has 1 aromatic heterocycles. The first-order chi connectivity index (χ1) is 13.2. The number of amides is 1. The summed E-state index contributed by atoms with van der Waals surface area (Å²) in [6.07, 6.45) is 6.92. The van der Waals surface area contributed by atoms with Crippen molar-refractivity contribution in [1.82, 2.24) is 20.0 Å². The smallest absolute Gasteiger partial charge is 0.227 e. The molecule has 1 unspecified atom stereocenters. The number of aromatic nitrogens is 2. The highest BCUT2D eigenvalue weighted by atomic mass is 16.5. The Labute approximate surface area is 160 Å². The zero-order chi connectivity index (χ0) is 18.8. The number of rotatable bonds is 5. The Kier molecular flexibility index (Phi) is 5.16. The predicted molar refractivity (Wildman–Crippen MR) is 104 cm³/mol. The van der Waals surface area contributed by atoms with Gasteiger partial charge in [0.1, 0.15) is 5.75 Å². The number of nitrogens with zero attached hydrogens (tertiary/aromatic N) is 3. The van der Waals surface area contributed by atoms with E-state index in [1.54, 1.807) is 7.11 Å². The van der Waals surface area contributed by atoms with Crippen molar-refractivity contribution >= 4 is 5.91 Å². The summed E-state index contributed by atoms with van der Waals surface area (Å²) in [6.45, 7) is 2.44. The van der Waals surface area contributed by atoms with Crippen LogP contribution in [0.3, 0.4) is 0 Å². The third kappa shape index (κ3) is 3.58. The first-order valence-corrected chi connectivity index (χ1v) is 9.79. The minimum absolute atomic E-state index is 0.00697. The Hall–Kier alpha value is -2.34. The molecule has 144 valence electrons. The van der Waals surface area contributed by atoms with E-state index in [0.29, 0.717) is 0 Å². The summed E-state index contributed by atoms with van der Waals surface area (Å²) >= 11 is 0. The summed E-state index contributed by atoms with van der Waals surface area (Å²) < 4.78 is 7.32. The van der Waals surface area contributed by atoms with Crippen molar-refractivity contribution in [2.24, 2.45) is 13.0 Å². The molecule has 3 atom stereocenters. The van der Waals surface area contributed by atoms with Crippen molar-refractivity contribution in [3.05, 3.63) is 47.8 Å². The second-order valence-corrected chi connectivity index (χ2v) is 7.66. The number of hydrogen-bond donors (Lipinski definition) is 1. The minimum Gasteiger partial charge on any atom is -0.496 e. The van der Waals surface area contributed by atoms with Gasteiger partial charge in [-0.3, -0.25) is 9.48 Å². The van der Waals surface area contributed by atoms with Crippen molar-refractivity contribution in [1.29, 1.82) is 0 Å². The number of benzene rings is 1. The zero-order valence-electron chi connectivity index (χ0n) is 16.1. The molecule has 4 rings (SSSR count). The van der Waals surface area contributed by atoms with Crippen LogP contribution >= 0.6 is 0 Å². The summed E-state index contributed by atoms with van der Waals surface area (Å²) in [5.74, 6) is 1.39. The van der Waals surface area contributed by atoms with Gasteiger partial charge in [-0.25, -0.2) is 0 Å². The molecule has 1 N–H and O–H groups in total. The van der Waals surface area contributed by atoms with Crippen LogP contribution in [0.4, 0.5) is 0 Å². The van der Waals surface area contributed by atoms with Gasteiger partial charge in [0.25, 0.3) is 0 Å². The van der Waals surface area contributed by atoms with Crippen LogP contribution in [0.1, 0.15) is 29.9 Å². The number of ether oxygens (including phenoxy) is 1. The molecular weight excluding hydrogens is 340 g/mol. The molecule has 2 aromatic rings. The topological polar surface area (TPSA) is 59.4 Å². The maximum atomic E-state index is 13.4. The normalized spacial score (nSPS) is 25.1. The molecule has 0 radical (unpaired) electrons. The molecule has 1 aromatic carbocycles. The summed E-state index contributed by atoms with van der Waals surface area (Å²) in [5.41, 5.74) is 2.33. The maximum Gasteiger partial charge on any atom is 0.227 e. The maximum absolute atomic E-state index is 13.4. The van der Waals surface area contributed by atoms with Gasteiger partial charge in [0.05, 0.1) is 19.2 Å². The fraction of sp³-hybridized carbons (Fsp3) is 0.524. The highest BCUT2D eigenvalue weighted by Crippen LogP contribution is 2.33. The molecule has 0 aliphatic carbocycles. The van der Waals surface area contributed by atoms with E-state index in [1.165, 1.54) is 5.56 Å². The van der Waals surface area contributed by atoms with Crippen LogP contribution in [-0.2, 0) is 18.3 Å². The van der Waals surface area contributed by atoms with Crippen molar-refractivity contribution in [2.75, 3.05) is 26.7 Å². The van der Waals surface area contributed by atoms with Crippen LogP contribution < -0.4 is 10.1 Å². The second-order valence-electron chi connectivity index (χ2n) is 7.66. The highest BCUT2D eigenvalue weighted by molar-refractivity contribution is 5.81. The van der Waals surface area contributed by atoms with Gasteiger partial charge in [-0.15, -0.1) is 0 Å². The summed E-state index contributed by atoms with van der Waals surface area (Å²) in [6, 6.07) is 8.38. The van der Waals surface area contributed by atoms with E-state index < -0.39 is 0 Å². The first-order valence-electron chi connectivity index (χ1n) is 9.79. The second kappa shape index (κ2) is 7.72. The van der Waals surface area contributed by atoms with Gasteiger partial charge in [0.2, 0.25) is 5.91 Å². The molecule has 27 heavy (non-hydrogen) atoms. The molecule has 0 saturated carbocycles. The van der Waals surface area contributed by atoms with Gasteiger partial charge in [0, 0.05) is 44.8 Å². The molecule has 0 bridgehead atoms. The van der Waals surface area contributed by atoms with Crippen LogP contribution in [0, 0.1) is 5.92 Å².